The maximum atomic E-state index is 10.7. The Kier molecular flexibility index (Phi) is 8.05. The first-order valence-corrected chi connectivity index (χ1v) is 12.0. The Hall–Kier alpha value is -2.69. The Bertz CT molecular complexity index is 1180. The molecule has 11 heteroatoms. The van der Waals surface area contributed by atoms with Gasteiger partial charge in [0.25, 0.3) is 0 Å². The van der Waals surface area contributed by atoms with Crippen LogP contribution < -0.4 is 9.30 Å². The number of rotatable bonds is 12. The number of carbonyl (C=O) groups is 1. The van der Waals surface area contributed by atoms with Crippen molar-refractivity contribution < 1.29 is 36.6 Å². The van der Waals surface area contributed by atoms with Gasteiger partial charge in [0.2, 0.25) is 5.89 Å². The van der Waals surface area contributed by atoms with E-state index < -0.39 is 21.8 Å². The number of benzene rings is 1. The third-order valence-corrected chi connectivity index (χ3v) is 5.77. The van der Waals surface area contributed by atoms with Gasteiger partial charge >= 0.3 is 5.97 Å². The van der Waals surface area contributed by atoms with Crippen LogP contribution >= 0.6 is 11.6 Å². The zero-order valence-corrected chi connectivity index (χ0v) is 18.8. The van der Waals surface area contributed by atoms with Gasteiger partial charge in [-0.25, -0.2) is 18.0 Å². The first kappa shape index (κ1) is 24.0. The highest BCUT2D eigenvalue weighted by atomic mass is 35.5. The Morgan fingerprint density at radius 3 is 2.62 bits per heavy atom. The van der Waals surface area contributed by atoms with Gasteiger partial charge in [-0.3, -0.25) is 4.79 Å². The fourth-order valence-corrected chi connectivity index (χ4v) is 3.76. The number of nitrogens with zero attached hydrogens (tertiary/aromatic N) is 2. The number of carboxylic acids is 1. The van der Waals surface area contributed by atoms with Gasteiger partial charge in [-0.1, -0.05) is 11.6 Å². The molecule has 0 fully saturated rings. The fraction of sp³-hybridized carbons (Fsp3) is 0.381. The van der Waals surface area contributed by atoms with Crippen molar-refractivity contribution in [3.63, 3.8) is 0 Å². The number of unbranched alkanes of at least 4 members (excludes halogenated alkanes) is 2. The van der Waals surface area contributed by atoms with Crippen LogP contribution in [0.5, 0.6) is 5.75 Å². The van der Waals surface area contributed by atoms with Crippen molar-refractivity contribution in [2.24, 2.45) is 0 Å². The number of carboxylic acid groups (broad SMARTS) is 1. The van der Waals surface area contributed by atoms with E-state index >= 15 is 0 Å². The van der Waals surface area contributed by atoms with Crippen LogP contribution in [-0.4, -0.2) is 41.4 Å². The van der Waals surface area contributed by atoms with Crippen molar-refractivity contribution in [2.45, 2.75) is 38.6 Å². The summed E-state index contributed by atoms with van der Waals surface area (Å²) >= 11 is 6.21. The summed E-state index contributed by atoms with van der Waals surface area (Å²) in [4.78, 5) is 15.0. The van der Waals surface area contributed by atoms with E-state index in [1.165, 1.54) is 0 Å². The molecule has 0 radical (unpaired) electrons. The molecule has 1 aromatic carbocycles. The molecule has 9 nitrogen and oxygen atoms in total. The number of oxazole rings is 1. The largest absolute Gasteiger partial charge is 0.748 e. The summed E-state index contributed by atoms with van der Waals surface area (Å²) in [5, 5.41) is 8.96. The number of hydrogen-bond acceptors (Lipinski definition) is 7. The van der Waals surface area contributed by atoms with Crippen LogP contribution in [-0.2, 0) is 21.5 Å². The molecule has 172 valence electrons. The maximum Gasteiger partial charge on any atom is 0.303 e. The summed E-state index contributed by atoms with van der Waals surface area (Å²) in [5.74, 6) is -0.538. The molecular weight excluding hydrogens is 460 g/mol. The Morgan fingerprint density at radius 2 is 1.94 bits per heavy atom. The number of aryl methyl sites for hydroxylation is 1. The van der Waals surface area contributed by atoms with E-state index in [1.54, 1.807) is 12.1 Å². The number of fused-ring (bicyclic) bond motifs is 1. The molecule has 0 spiro atoms. The molecule has 2 heterocycles. The summed E-state index contributed by atoms with van der Waals surface area (Å²) < 4.78 is 45.3. The van der Waals surface area contributed by atoms with E-state index in [-0.39, 0.29) is 19.4 Å². The summed E-state index contributed by atoms with van der Waals surface area (Å²) in [7, 11) is -4.28. The minimum atomic E-state index is -4.28. The molecule has 0 saturated carbocycles. The first-order valence-electron chi connectivity index (χ1n) is 10.1. The molecule has 0 bridgehead atoms. The quantitative estimate of drug-likeness (QED) is 0.236. The second kappa shape index (κ2) is 10.8. The van der Waals surface area contributed by atoms with Crippen LogP contribution in [0.1, 0.15) is 32.1 Å². The van der Waals surface area contributed by atoms with Gasteiger partial charge in [-0.2, -0.15) is 0 Å². The number of aromatic nitrogens is 2. The van der Waals surface area contributed by atoms with Gasteiger partial charge in [0.1, 0.15) is 17.8 Å². The molecular formula is C21H23ClN2O7S. The summed E-state index contributed by atoms with van der Waals surface area (Å²) in [6, 6.07) is 6.94. The lowest BCUT2D eigenvalue weighted by Crippen LogP contribution is -2.32. The number of hydrogen-bond donors (Lipinski definition) is 1. The SMILES string of the molecule is O=C(O)CCCCC[n+]1ccc(-c2nc3cc(Cl)c(OCCCS(=O)(=O)[O-])cc3o2)cc1. The molecule has 0 amide bonds. The van der Waals surface area contributed by atoms with Gasteiger partial charge in [-0.15, -0.1) is 0 Å². The van der Waals surface area contributed by atoms with Crippen molar-refractivity contribution in [2.75, 3.05) is 12.4 Å². The highest BCUT2D eigenvalue weighted by molar-refractivity contribution is 7.85. The maximum absolute atomic E-state index is 10.7. The summed E-state index contributed by atoms with van der Waals surface area (Å²) in [6.07, 6.45) is 6.49. The van der Waals surface area contributed by atoms with Gasteiger partial charge in [0.05, 0.1) is 21.7 Å². The van der Waals surface area contributed by atoms with E-state index in [0.717, 1.165) is 24.9 Å². The highest BCUT2D eigenvalue weighted by Crippen LogP contribution is 2.32. The molecule has 3 rings (SSSR count). The Morgan fingerprint density at radius 1 is 1.19 bits per heavy atom. The lowest BCUT2D eigenvalue weighted by Gasteiger charge is -2.09. The molecule has 0 unspecified atom stereocenters. The number of pyridine rings is 1. The Balaban J connectivity index is 1.61. The molecule has 0 saturated heterocycles. The van der Waals surface area contributed by atoms with E-state index in [4.69, 9.17) is 25.9 Å². The minimum Gasteiger partial charge on any atom is -0.748 e. The van der Waals surface area contributed by atoms with E-state index in [9.17, 15) is 17.8 Å². The standard InChI is InChI=1S/C21H23ClN2O7S/c22-16-13-17-19(14-18(16)30-11-4-12-32(27,28)29)31-21(23-17)15-6-9-24(10-7-15)8-3-1-2-5-20(25)26/h6-7,9-10,13-14H,1-5,8,11-12H2,(H-,25,26,27,28,29). The van der Waals surface area contributed by atoms with Gasteiger partial charge in [0.15, 0.2) is 18.0 Å². The van der Waals surface area contributed by atoms with Gasteiger partial charge in [0, 0.05) is 42.4 Å². The van der Waals surface area contributed by atoms with E-state index in [0.29, 0.717) is 34.2 Å². The van der Waals surface area contributed by atoms with Crippen molar-refractivity contribution in [3.8, 4) is 17.2 Å². The molecule has 0 aliphatic heterocycles. The van der Waals surface area contributed by atoms with E-state index in [2.05, 4.69) is 4.98 Å². The highest BCUT2D eigenvalue weighted by Gasteiger charge is 2.14. The third-order valence-electron chi connectivity index (χ3n) is 4.68. The summed E-state index contributed by atoms with van der Waals surface area (Å²) in [5.41, 5.74) is 1.79. The average molecular weight is 483 g/mol. The topological polar surface area (TPSA) is 134 Å². The van der Waals surface area contributed by atoms with Crippen molar-refractivity contribution in [3.05, 3.63) is 41.7 Å². The zero-order chi connectivity index (χ0) is 23.1. The van der Waals surface area contributed by atoms with Gasteiger partial charge < -0.3 is 18.8 Å². The lowest BCUT2D eigenvalue weighted by molar-refractivity contribution is -0.697. The molecule has 0 aliphatic carbocycles. The fourth-order valence-electron chi connectivity index (χ4n) is 3.08. The molecule has 1 N–H and O–H groups in total. The molecule has 3 aromatic rings. The van der Waals surface area contributed by atoms with Crippen LogP contribution in [0.4, 0.5) is 0 Å². The number of ether oxygens (including phenoxy) is 1. The van der Waals surface area contributed by atoms with Crippen LogP contribution in [0.2, 0.25) is 5.02 Å². The minimum absolute atomic E-state index is 0.0304. The van der Waals surface area contributed by atoms with Crippen molar-refractivity contribution in [1.29, 1.82) is 0 Å². The molecule has 0 aliphatic rings. The second-order valence-corrected chi connectivity index (χ2v) is 9.19. The molecule has 32 heavy (non-hydrogen) atoms. The van der Waals surface area contributed by atoms with Crippen LogP contribution in [0.15, 0.2) is 41.1 Å². The van der Waals surface area contributed by atoms with Crippen molar-refractivity contribution >= 4 is 38.8 Å². The summed E-state index contributed by atoms with van der Waals surface area (Å²) in [6.45, 7) is 0.820. The number of halogens is 1. The van der Waals surface area contributed by atoms with Gasteiger partial charge in [-0.05, 0) is 25.3 Å². The van der Waals surface area contributed by atoms with E-state index in [1.807, 2.05) is 29.1 Å². The Labute approximate surface area is 190 Å². The van der Waals surface area contributed by atoms with Crippen molar-refractivity contribution in [1.82, 2.24) is 4.98 Å². The predicted octanol–water partition coefficient (Wildman–Crippen LogP) is 3.39. The normalized spacial score (nSPS) is 11.7. The predicted molar refractivity (Wildman–Crippen MR) is 115 cm³/mol. The monoisotopic (exact) mass is 482 g/mol. The van der Waals surface area contributed by atoms with Crippen LogP contribution in [0.3, 0.4) is 0 Å². The number of aliphatic carboxylic acids is 1. The second-order valence-electron chi connectivity index (χ2n) is 7.26. The first-order chi connectivity index (χ1) is 15.2. The molecule has 0 atom stereocenters. The average Bonchev–Trinajstić information content (AvgIpc) is 3.13. The molecule has 2 aromatic heterocycles. The lowest BCUT2D eigenvalue weighted by atomic mass is 10.2. The smallest absolute Gasteiger partial charge is 0.303 e. The van der Waals surface area contributed by atoms with Crippen LogP contribution in [0.25, 0.3) is 22.6 Å². The zero-order valence-electron chi connectivity index (χ0n) is 17.2. The van der Waals surface area contributed by atoms with Crippen LogP contribution in [0, 0.1) is 0 Å². The third kappa shape index (κ3) is 7.18.